The third-order valence-electron chi connectivity index (χ3n) is 6.12. The number of carbonyl (C=O) groups is 1. The van der Waals surface area contributed by atoms with Gasteiger partial charge in [0.25, 0.3) is 5.91 Å². The van der Waals surface area contributed by atoms with Gasteiger partial charge in [0.15, 0.2) is 0 Å². The molecule has 3 aliphatic carbocycles. The van der Waals surface area contributed by atoms with Crippen LogP contribution in [0.5, 0.6) is 0 Å². The fourth-order valence-electron chi connectivity index (χ4n) is 5.23. The summed E-state index contributed by atoms with van der Waals surface area (Å²) in [6, 6.07) is 8.07. The number of hydrogen-bond donors (Lipinski definition) is 1. The van der Waals surface area contributed by atoms with Crippen LogP contribution in [0.2, 0.25) is 0 Å². The molecule has 0 saturated heterocycles. The number of benzene rings is 1. The van der Waals surface area contributed by atoms with Crippen LogP contribution in [-0.2, 0) is 5.88 Å². The highest BCUT2D eigenvalue weighted by molar-refractivity contribution is 6.17. The summed E-state index contributed by atoms with van der Waals surface area (Å²) >= 11 is 5.79. The molecular weight excluding hydrogens is 282 g/mol. The first-order valence-electron chi connectivity index (χ1n) is 8.22. The summed E-state index contributed by atoms with van der Waals surface area (Å²) in [7, 11) is 0. The van der Waals surface area contributed by atoms with E-state index < -0.39 is 0 Å². The summed E-state index contributed by atoms with van der Waals surface area (Å²) in [5.41, 5.74) is 1.82. The van der Waals surface area contributed by atoms with Crippen molar-refractivity contribution in [1.82, 2.24) is 5.32 Å². The highest BCUT2D eigenvalue weighted by atomic mass is 35.5. The molecule has 0 heterocycles. The number of amides is 1. The fraction of sp³-hybridized carbons (Fsp3) is 0.611. The lowest BCUT2D eigenvalue weighted by atomic mass is 9.79. The molecule has 2 bridgehead atoms. The predicted molar refractivity (Wildman–Crippen MR) is 84.3 cm³/mol. The molecule has 2 nitrogen and oxygen atoms in total. The molecule has 5 unspecified atom stereocenters. The number of carbonyl (C=O) groups excluding carboxylic acids is 1. The Labute approximate surface area is 131 Å². The number of rotatable bonds is 3. The topological polar surface area (TPSA) is 29.1 Å². The first kappa shape index (κ1) is 13.6. The zero-order valence-corrected chi connectivity index (χ0v) is 13.0. The molecule has 0 aromatic heterocycles. The number of nitrogens with one attached hydrogen (secondary N) is 1. The van der Waals surface area contributed by atoms with E-state index in [1.807, 2.05) is 24.3 Å². The average Bonchev–Trinajstić information content (AvgIpc) is 3.19. The van der Waals surface area contributed by atoms with Gasteiger partial charge in [0.05, 0.1) is 0 Å². The Morgan fingerprint density at radius 3 is 2.62 bits per heavy atom. The second kappa shape index (κ2) is 5.31. The smallest absolute Gasteiger partial charge is 0.251 e. The molecule has 21 heavy (non-hydrogen) atoms. The number of alkyl halides is 1. The molecule has 112 valence electrons. The first-order chi connectivity index (χ1) is 10.3. The molecule has 0 aliphatic heterocycles. The van der Waals surface area contributed by atoms with Crippen LogP contribution >= 0.6 is 11.6 Å². The molecule has 1 N–H and O–H groups in total. The van der Waals surface area contributed by atoms with Crippen molar-refractivity contribution in [1.29, 1.82) is 0 Å². The van der Waals surface area contributed by atoms with Crippen LogP contribution in [0.25, 0.3) is 0 Å². The zero-order chi connectivity index (χ0) is 14.4. The molecule has 0 radical (unpaired) electrons. The Kier molecular flexibility index (Phi) is 3.45. The molecule has 3 saturated carbocycles. The van der Waals surface area contributed by atoms with Crippen LogP contribution in [0, 0.1) is 23.7 Å². The SMILES string of the molecule is O=C(NC1CC2CC1C1CCCC21)c1ccc(CCl)cc1. The van der Waals surface area contributed by atoms with Crippen LogP contribution in [0.3, 0.4) is 0 Å². The predicted octanol–water partition coefficient (Wildman–Crippen LogP) is 3.98. The summed E-state index contributed by atoms with van der Waals surface area (Å²) in [4.78, 5) is 12.4. The summed E-state index contributed by atoms with van der Waals surface area (Å²) in [5, 5.41) is 3.30. The van der Waals surface area contributed by atoms with Gasteiger partial charge in [-0.15, -0.1) is 11.6 Å². The van der Waals surface area contributed by atoms with E-state index >= 15 is 0 Å². The van der Waals surface area contributed by atoms with Gasteiger partial charge in [0, 0.05) is 17.5 Å². The van der Waals surface area contributed by atoms with Gasteiger partial charge in [-0.3, -0.25) is 4.79 Å². The summed E-state index contributed by atoms with van der Waals surface area (Å²) in [6.07, 6.45) is 6.79. The van der Waals surface area contributed by atoms with E-state index in [0.29, 0.717) is 11.9 Å². The van der Waals surface area contributed by atoms with Crippen LogP contribution in [0.4, 0.5) is 0 Å². The van der Waals surface area contributed by atoms with E-state index in [0.717, 1.165) is 34.8 Å². The van der Waals surface area contributed by atoms with Crippen LogP contribution < -0.4 is 5.32 Å². The van der Waals surface area contributed by atoms with Crippen molar-refractivity contribution in [2.45, 2.75) is 44.0 Å². The molecule has 3 aliphatic rings. The molecule has 0 spiro atoms. The van der Waals surface area contributed by atoms with Crippen molar-refractivity contribution in [2.75, 3.05) is 0 Å². The quantitative estimate of drug-likeness (QED) is 0.841. The highest BCUT2D eigenvalue weighted by Crippen LogP contribution is 2.58. The fourth-order valence-corrected chi connectivity index (χ4v) is 5.41. The summed E-state index contributed by atoms with van der Waals surface area (Å²) in [5.74, 6) is 4.08. The molecule has 1 aromatic carbocycles. The van der Waals surface area contributed by atoms with Gasteiger partial charge < -0.3 is 5.32 Å². The maximum absolute atomic E-state index is 12.4. The van der Waals surface area contributed by atoms with E-state index in [9.17, 15) is 4.79 Å². The normalized spacial score (nSPS) is 36.7. The van der Waals surface area contributed by atoms with Gasteiger partial charge in [-0.2, -0.15) is 0 Å². The number of halogens is 1. The third kappa shape index (κ3) is 2.28. The standard InChI is InChI=1S/C18H22ClNO/c19-10-11-4-6-12(7-5-11)18(21)20-17-9-13-8-16(17)15-3-1-2-14(13)15/h4-7,13-17H,1-3,8-10H2,(H,20,21). The average molecular weight is 304 g/mol. The Morgan fingerprint density at radius 1 is 1.10 bits per heavy atom. The largest absolute Gasteiger partial charge is 0.349 e. The monoisotopic (exact) mass is 303 g/mol. The van der Waals surface area contributed by atoms with Gasteiger partial charge in [0.1, 0.15) is 0 Å². The number of fused-ring (bicyclic) bond motifs is 5. The second-order valence-corrected chi connectivity index (χ2v) is 7.33. The Hall–Kier alpha value is -1.02. The molecule has 4 rings (SSSR count). The third-order valence-corrected chi connectivity index (χ3v) is 6.42. The van der Waals surface area contributed by atoms with Crippen LogP contribution in [0.1, 0.15) is 48.0 Å². The Morgan fingerprint density at radius 2 is 1.86 bits per heavy atom. The first-order valence-corrected chi connectivity index (χ1v) is 8.75. The Balaban J connectivity index is 1.43. The van der Waals surface area contributed by atoms with Crippen molar-refractivity contribution in [3.63, 3.8) is 0 Å². The van der Waals surface area contributed by atoms with Gasteiger partial charge in [0.2, 0.25) is 0 Å². The van der Waals surface area contributed by atoms with E-state index in [1.54, 1.807) is 0 Å². The van der Waals surface area contributed by atoms with Crippen molar-refractivity contribution in [3.8, 4) is 0 Å². The molecule has 1 amide bonds. The lowest BCUT2D eigenvalue weighted by Gasteiger charge is -2.32. The molecular formula is C18H22ClNO. The van der Waals surface area contributed by atoms with Gasteiger partial charge in [-0.05, 0) is 67.1 Å². The van der Waals surface area contributed by atoms with E-state index in [4.69, 9.17) is 11.6 Å². The zero-order valence-electron chi connectivity index (χ0n) is 12.2. The lowest BCUT2D eigenvalue weighted by Crippen LogP contribution is -2.42. The van der Waals surface area contributed by atoms with Crippen molar-refractivity contribution in [3.05, 3.63) is 35.4 Å². The highest BCUT2D eigenvalue weighted by Gasteiger charge is 2.53. The minimum Gasteiger partial charge on any atom is -0.349 e. The van der Waals surface area contributed by atoms with E-state index in [2.05, 4.69) is 5.32 Å². The van der Waals surface area contributed by atoms with Crippen LogP contribution in [-0.4, -0.2) is 11.9 Å². The van der Waals surface area contributed by atoms with E-state index in [1.165, 1.54) is 32.1 Å². The summed E-state index contributed by atoms with van der Waals surface area (Å²) < 4.78 is 0. The lowest BCUT2D eigenvalue weighted by molar-refractivity contribution is 0.0901. The van der Waals surface area contributed by atoms with Crippen LogP contribution in [0.15, 0.2) is 24.3 Å². The molecule has 3 fully saturated rings. The van der Waals surface area contributed by atoms with Crippen molar-refractivity contribution >= 4 is 17.5 Å². The number of hydrogen-bond acceptors (Lipinski definition) is 1. The minimum absolute atomic E-state index is 0.0863. The summed E-state index contributed by atoms with van der Waals surface area (Å²) in [6.45, 7) is 0. The second-order valence-electron chi connectivity index (χ2n) is 7.06. The van der Waals surface area contributed by atoms with E-state index in [-0.39, 0.29) is 5.91 Å². The molecule has 1 aromatic rings. The molecule has 5 atom stereocenters. The Bertz CT molecular complexity index is 541. The maximum atomic E-state index is 12.4. The maximum Gasteiger partial charge on any atom is 0.251 e. The van der Waals surface area contributed by atoms with Crippen molar-refractivity contribution in [2.24, 2.45) is 23.7 Å². The van der Waals surface area contributed by atoms with Gasteiger partial charge in [-0.25, -0.2) is 0 Å². The van der Waals surface area contributed by atoms with Gasteiger partial charge in [-0.1, -0.05) is 18.6 Å². The molecule has 3 heteroatoms. The minimum atomic E-state index is 0.0863. The van der Waals surface area contributed by atoms with Gasteiger partial charge >= 0.3 is 0 Å². The van der Waals surface area contributed by atoms with Crippen molar-refractivity contribution < 1.29 is 4.79 Å².